The van der Waals surface area contributed by atoms with E-state index in [0.717, 1.165) is 11.1 Å². The lowest BCUT2D eigenvalue weighted by molar-refractivity contribution is -0.120. The van der Waals surface area contributed by atoms with Gasteiger partial charge in [0.15, 0.2) is 0 Å². The van der Waals surface area contributed by atoms with E-state index in [2.05, 4.69) is 5.32 Å². The zero-order valence-electron chi connectivity index (χ0n) is 13.1. The Morgan fingerprint density at radius 2 is 1.81 bits per heavy atom. The minimum Gasteiger partial charge on any atom is -0.354 e. The summed E-state index contributed by atoms with van der Waals surface area (Å²) >= 11 is 0. The van der Waals surface area contributed by atoms with E-state index in [1.807, 2.05) is 45.0 Å². The maximum absolute atomic E-state index is 11.8. The molecule has 1 aromatic rings. The van der Waals surface area contributed by atoms with E-state index < -0.39 is 10.0 Å². The summed E-state index contributed by atoms with van der Waals surface area (Å²) < 4.78 is 24.5. The number of hydrogen-bond acceptors (Lipinski definition) is 3. The standard InChI is InChI=1S/C15H24N2O3S/c1-12(2)17(21(4,19)20)10-9-16-15(18)11-14-7-5-13(3)6-8-14/h5-8,12H,9-11H2,1-4H3,(H,16,18). The van der Waals surface area contributed by atoms with E-state index in [0.29, 0.717) is 13.0 Å². The molecule has 1 rings (SSSR count). The number of nitrogens with one attached hydrogen (secondary N) is 1. The highest BCUT2D eigenvalue weighted by atomic mass is 32.2. The Bertz CT molecular complexity index is 565. The van der Waals surface area contributed by atoms with Crippen LogP contribution in [0.1, 0.15) is 25.0 Å². The van der Waals surface area contributed by atoms with Gasteiger partial charge in [0, 0.05) is 19.1 Å². The molecule has 5 nitrogen and oxygen atoms in total. The normalized spacial score (nSPS) is 11.9. The molecule has 0 saturated heterocycles. The smallest absolute Gasteiger partial charge is 0.224 e. The van der Waals surface area contributed by atoms with Gasteiger partial charge in [-0.2, -0.15) is 4.31 Å². The Morgan fingerprint density at radius 3 is 2.29 bits per heavy atom. The highest BCUT2D eigenvalue weighted by Crippen LogP contribution is 2.05. The maximum atomic E-state index is 11.8. The van der Waals surface area contributed by atoms with E-state index in [1.54, 1.807) is 0 Å². The van der Waals surface area contributed by atoms with E-state index in [9.17, 15) is 13.2 Å². The van der Waals surface area contributed by atoms with Gasteiger partial charge in [0.25, 0.3) is 0 Å². The lowest BCUT2D eigenvalue weighted by atomic mass is 10.1. The van der Waals surface area contributed by atoms with E-state index in [1.165, 1.54) is 10.6 Å². The molecule has 0 saturated carbocycles. The van der Waals surface area contributed by atoms with Crippen LogP contribution in [-0.2, 0) is 21.2 Å². The van der Waals surface area contributed by atoms with Gasteiger partial charge in [0.2, 0.25) is 15.9 Å². The van der Waals surface area contributed by atoms with Gasteiger partial charge in [-0.3, -0.25) is 4.79 Å². The number of sulfonamides is 1. The van der Waals surface area contributed by atoms with Crippen LogP contribution < -0.4 is 5.32 Å². The first-order valence-corrected chi connectivity index (χ1v) is 8.84. The number of nitrogens with zero attached hydrogens (tertiary/aromatic N) is 1. The van der Waals surface area contributed by atoms with Gasteiger partial charge in [-0.15, -0.1) is 0 Å². The molecule has 0 aliphatic heterocycles. The Kier molecular flexibility index (Phi) is 6.36. The molecule has 0 bridgehead atoms. The molecular weight excluding hydrogens is 288 g/mol. The molecule has 6 heteroatoms. The Labute approximate surface area is 127 Å². The highest BCUT2D eigenvalue weighted by Gasteiger charge is 2.19. The summed E-state index contributed by atoms with van der Waals surface area (Å²) in [4.78, 5) is 11.8. The fraction of sp³-hybridized carbons (Fsp3) is 0.533. The number of aryl methyl sites for hydroxylation is 1. The van der Waals surface area contributed by atoms with Crippen molar-refractivity contribution in [1.82, 2.24) is 9.62 Å². The number of benzene rings is 1. The SMILES string of the molecule is Cc1ccc(CC(=O)NCCN(C(C)C)S(C)(=O)=O)cc1. The van der Waals surface area contributed by atoms with Crippen LogP contribution in [0.15, 0.2) is 24.3 Å². The molecule has 118 valence electrons. The molecule has 1 N–H and O–H groups in total. The van der Waals surface area contributed by atoms with Gasteiger partial charge in [-0.1, -0.05) is 29.8 Å². The first-order valence-electron chi connectivity index (χ1n) is 6.99. The summed E-state index contributed by atoms with van der Waals surface area (Å²) in [5.41, 5.74) is 2.10. The molecule has 0 aromatic heterocycles. The van der Waals surface area contributed by atoms with Crippen LogP contribution in [0.5, 0.6) is 0 Å². The molecule has 0 spiro atoms. The topological polar surface area (TPSA) is 66.5 Å². The van der Waals surface area contributed by atoms with Crippen LogP contribution in [0.25, 0.3) is 0 Å². The Hall–Kier alpha value is -1.40. The average molecular weight is 312 g/mol. The number of hydrogen-bond donors (Lipinski definition) is 1. The van der Waals surface area contributed by atoms with Crippen LogP contribution in [-0.4, -0.2) is 44.0 Å². The predicted molar refractivity (Wildman–Crippen MR) is 84.6 cm³/mol. The third kappa shape index (κ3) is 6.27. The van der Waals surface area contributed by atoms with Crippen molar-refractivity contribution < 1.29 is 13.2 Å². The van der Waals surface area contributed by atoms with E-state index >= 15 is 0 Å². The van der Waals surface area contributed by atoms with Crippen molar-refractivity contribution in [3.8, 4) is 0 Å². The summed E-state index contributed by atoms with van der Waals surface area (Å²) in [6, 6.07) is 7.66. The third-order valence-corrected chi connectivity index (χ3v) is 4.60. The van der Waals surface area contributed by atoms with E-state index in [4.69, 9.17) is 0 Å². The lowest BCUT2D eigenvalue weighted by Crippen LogP contribution is -2.42. The number of carbonyl (C=O) groups is 1. The van der Waals surface area contributed by atoms with Crippen molar-refractivity contribution in [3.05, 3.63) is 35.4 Å². The van der Waals surface area contributed by atoms with Gasteiger partial charge in [0.1, 0.15) is 0 Å². The predicted octanol–water partition coefficient (Wildman–Crippen LogP) is 1.32. The zero-order valence-corrected chi connectivity index (χ0v) is 13.9. The monoisotopic (exact) mass is 312 g/mol. The van der Waals surface area contributed by atoms with Crippen LogP contribution in [0.4, 0.5) is 0 Å². The molecule has 0 radical (unpaired) electrons. The summed E-state index contributed by atoms with van der Waals surface area (Å²) in [5, 5.41) is 2.76. The van der Waals surface area contributed by atoms with Crippen molar-refractivity contribution in [2.45, 2.75) is 33.2 Å². The second kappa shape index (κ2) is 7.56. The van der Waals surface area contributed by atoms with Crippen molar-refractivity contribution in [2.24, 2.45) is 0 Å². The summed E-state index contributed by atoms with van der Waals surface area (Å²) in [6.07, 6.45) is 1.49. The minimum absolute atomic E-state index is 0.101. The first kappa shape index (κ1) is 17.7. The molecule has 0 aliphatic carbocycles. The molecular formula is C15H24N2O3S. The van der Waals surface area contributed by atoms with Crippen LogP contribution >= 0.6 is 0 Å². The molecule has 0 fully saturated rings. The van der Waals surface area contributed by atoms with Crippen molar-refractivity contribution >= 4 is 15.9 Å². The van der Waals surface area contributed by atoms with Crippen molar-refractivity contribution in [2.75, 3.05) is 19.3 Å². The fourth-order valence-corrected chi connectivity index (χ4v) is 3.26. The zero-order chi connectivity index (χ0) is 16.0. The van der Waals surface area contributed by atoms with Crippen LogP contribution in [0.2, 0.25) is 0 Å². The lowest BCUT2D eigenvalue weighted by Gasteiger charge is -2.23. The second-order valence-corrected chi connectivity index (χ2v) is 7.41. The van der Waals surface area contributed by atoms with Gasteiger partial charge in [-0.05, 0) is 26.3 Å². The molecule has 0 heterocycles. The molecule has 0 unspecified atom stereocenters. The first-order chi connectivity index (χ1) is 9.70. The molecule has 0 atom stereocenters. The van der Waals surface area contributed by atoms with Gasteiger partial charge >= 0.3 is 0 Å². The molecule has 1 aromatic carbocycles. The molecule has 1 amide bonds. The summed E-state index contributed by atoms with van der Waals surface area (Å²) in [6.45, 7) is 6.23. The molecule has 21 heavy (non-hydrogen) atoms. The summed E-state index contributed by atoms with van der Waals surface area (Å²) in [5.74, 6) is -0.101. The van der Waals surface area contributed by atoms with Crippen LogP contribution in [0, 0.1) is 6.92 Å². The van der Waals surface area contributed by atoms with Gasteiger partial charge in [-0.25, -0.2) is 8.42 Å². The highest BCUT2D eigenvalue weighted by molar-refractivity contribution is 7.88. The summed E-state index contributed by atoms with van der Waals surface area (Å²) in [7, 11) is -3.24. The second-order valence-electron chi connectivity index (χ2n) is 5.48. The number of rotatable bonds is 7. The fourth-order valence-electron chi connectivity index (χ4n) is 2.07. The minimum atomic E-state index is -3.24. The average Bonchev–Trinajstić information content (AvgIpc) is 2.35. The quantitative estimate of drug-likeness (QED) is 0.826. The van der Waals surface area contributed by atoms with Crippen LogP contribution in [0.3, 0.4) is 0 Å². The van der Waals surface area contributed by atoms with Gasteiger partial charge < -0.3 is 5.32 Å². The Morgan fingerprint density at radius 1 is 1.24 bits per heavy atom. The number of amides is 1. The molecule has 0 aliphatic rings. The number of carbonyl (C=O) groups excluding carboxylic acids is 1. The van der Waals surface area contributed by atoms with Crippen molar-refractivity contribution in [3.63, 3.8) is 0 Å². The largest absolute Gasteiger partial charge is 0.354 e. The maximum Gasteiger partial charge on any atom is 0.224 e. The van der Waals surface area contributed by atoms with Crippen molar-refractivity contribution in [1.29, 1.82) is 0 Å². The van der Waals surface area contributed by atoms with Gasteiger partial charge in [0.05, 0.1) is 12.7 Å². The van der Waals surface area contributed by atoms with E-state index in [-0.39, 0.29) is 18.5 Å². The Balaban J connectivity index is 2.44. The third-order valence-electron chi connectivity index (χ3n) is 3.14.